The molecule has 3 aromatic rings. The number of carbonyl (C=O) groups excluding carboxylic acids is 2. The van der Waals surface area contributed by atoms with E-state index in [0.29, 0.717) is 18.0 Å². The van der Waals surface area contributed by atoms with E-state index in [0.717, 1.165) is 38.3 Å². The van der Waals surface area contributed by atoms with Gasteiger partial charge >= 0.3 is 0 Å². The molecule has 0 saturated heterocycles. The fourth-order valence-corrected chi connectivity index (χ4v) is 6.31. The number of methoxy groups -OCH3 is 2. The second kappa shape index (κ2) is 15.2. The molecule has 9 nitrogen and oxygen atoms in total. The molecule has 11 heteroatoms. The monoisotopic (exact) mass is 673 g/mol. The second-order valence-corrected chi connectivity index (χ2v) is 13.1. The number of sulfonamides is 1. The third-order valence-electron chi connectivity index (χ3n) is 6.98. The van der Waals surface area contributed by atoms with Crippen LogP contribution in [0.1, 0.15) is 43.4 Å². The zero-order chi connectivity index (χ0) is 31.7. The highest BCUT2D eigenvalue weighted by Gasteiger charge is 2.33. The molecule has 43 heavy (non-hydrogen) atoms. The van der Waals surface area contributed by atoms with Gasteiger partial charge < -0.3 is 19.7 Å². The Morgan fingerprint density at radius 1 is 0.930 bits per heavy atom. The predicted octanol–water partition coefficient (Wildman–Crippen LogP) is 5.61. The van der Waals surface area contributed by atoms with Crippen molar-refractivity contribution in [2.45, 2.75) is 58.0 Å². The summed E-state index contributed by atoms with van der Waals surface area (Å²) >= 11 is 3.43. The zero-order valence-corrected chi connectivity index (χ0v) is 27.9. The van der Waals surface area contributed by atoms with Crippen LogP contribution < -0.4 is 19.1 Å². The summed E-state index contributed by atoms with van der Waals surface area (Å²) in [5.74, 6) is -0.215. The fraction of sp³-hybridized carbons (Fsp3) is 0.375. The van der Waals surface area contributed by atoms with Crippen LogP contribution in [-0.4, -0.2) is 58.5 Å². The Morgan fingerprint density at radius 2 is 1.56 bits per heavy atom. The average Bonchev–Trinajstić information content (AvgIpc) is 2.98. The van der Waals surface area contributed by atoms with Gasteiger partial charge in [0.25, 0.3) is 10.0 Å². The van der Waals surface area contributed by atoms with Crippen molar-refractivity contribution in [1.29, 1.82) is 0 Å². The summed E-state index contributed by atoms with van der Waals surface area (Å²) in [4.78, 5) is 28.6. The molecule has 0 aliphatic carbocycles. The lowest BCUT2D eigenvalue weighted by Gasteiger charge is -2.32. The molecule has 232 valence electrons. The first-order valence-electron chi connectivity index (χ1n) is 14.1. The van der Waals surface area contributed by atoms with Crippen LogP contribution >= 0.6 is 15.9 Å². The molecule has 0 aliphatic rings. The van der Waals surface area contributed by atoms with Gasteiger partial charge in [0, 0.05) is 23.6 Å². The van der Waals surface area contributed by atoms with E-state index in [1.807, 2.05) is 51.1 Å². The number of hydrogen-bond donors (Lipinski definition) is 1. The minimum absolute atomic E-state index is 0.0677. The van der Waals surface area contributed by atoms with Gasteiger partial charge in [-0.1, -0.05) is 47.5 Å². The molecule has 3 rings (SSSR count). The van der Waals surface area contributed by atoms with Crippen molar-refractivity contribution < 1.29 is 27.5 Å². The van der Waals surface area contributed by atoms with Gasteiger partial charge in [0.2, 0.25) is 11.8 Å². The second-order valence-electron chi connectivity index (χ2n) is 10.3. The number of unbranched alkanes of at least 4 members (excludes halogenated alkanes) is 1. The summed E-state index contributed by atoms with van der Waals surface area (Å²) in [5.41, 5.74) is 2.81. The SMILES string of the molecule is CCCCNC(=O)C(C)N(Cc1ccc(Br)cc1)C(=O)CN(c1cc(C)cc(C)c1)S(=O)(=O)c1ccc(OC)c(OC)c1. The number of halogens is 1. The minimum Gasteiger partial charge on any atom is -0.493 e. The van der Waals surface area contributed by atoms with Crippen LogP contribution in [0.3, 0.4) is 0 Å². The standard InChI is InChI=1S/C32H40BrN3O6S/c1-7-8-15-34-32(38)24(4)35(20-25-9-11-26(33)12-10-25)31(37)21-36(27-17-22(2)16-23(3)18-27)43(39,40)28-13-14-29(41-5)30(19-28)42-6/h9-14,16-19,24H,7-8,15,20-21H2,1-6H3,(H,34,38). The third-order valence-corrected chi connectivity index (χ3v) is 9.28. The Balaban J connectivity index is 2.08. The minimum atomic E-state index is -4.27. The van der Waals surface area contributed by atoms with Crippen LogP contribution in [0.5, 0.6) is 11.5 Å². The lowest BCUT2D eigenvalue weighted by Crippen LogP contribution is -2.51. The van der Waals surface area contributed by atoms with Crippen LogP contribution in [0.2, 0.25) is 0 Å². The summed E-state index contributed by atoms with van der Waals surface area (Å²) in [6.07, 6.45) is 1.72. The maximum absolute atomic E-state index is 14.2. The van der Waals surface area contributed by atoms with E-state index in [2.05, 4.69) is 21.2 Å². The molecule has 0 radical (unpaired) electrons. The summed E-state index contributed by atoms with van der Waals surface area (Å²) in [5, 5.41) is 2.90. The Labute approximate surface area is 263 Å². The van der Waals surface area contributed by atoms with E-state index in [4.69, 9.17) is 9.47 Å². The highest BCUT2D eigenvalue weighted by molar-refractivity contribution is 9.10. The summed E-state index contributed by atoms with van der Waals surface area (Å²) in [7, 11) is -1.38. The number of benzene rings is 3. The Morgan fingerprint density at radius 3 is 2.14 bits per heavy atom. The number of rotatable bonds is 14. The van der Waals surface area contributed by atoms with E-state index in [1.165, 1.54) is 37.3 Å². The van der Waals surface area contributed by atoms with Crippen LogP contribution in [0.4, 0.5) is 5.69 Å². The summed E-state index contributed by atoms with van der Waals surface area (Å²) in [6, 6.07) is 16.2. The number of hydrogen-bond acceptors (Lipinski definition) is 6. The number of aryl methyl sites for hydroxylation is 2. The molecule has 0 saturated carbocycles. The Kier molecular flexibility index (Phi) is 12.0. The lowest BCUT2D eigenvalue weighted by atomic mass is 10.1. The van der Waals surface area contributed by atoms with E-state index >= 15 is 0 Å². The van der Waals surface area contributed by atoms with Gasteiger partial charge in [-0.3, -0.25) is 13.9 Å². The first-order valence-corrected chi connectivity index (χ1v) is 16.3. The smallest absolute Gasteiger partial charge is 0.264 e. The molecule has 0 fully saturated rings. The van der Waals surface area contributed by atoms with Crippen molar-refractivity contribution in [2.75, 3.05) is 31.6 Å². The van der Waals surface area contributed by atoms with Crippen LogP contribution in [0.15, 0.2) is 70.0 Å². The van der Waals surface area contributed by atoms with E-state index in [9.17, 15) is 18.0 Å². The Hall–Kier alpha value is -3.57. The lowest BCUT2D eigenvalue weighted by molar-refractivity contribution is -0.139. The summed E-state index contributed by atoms with van der Waals surface area (Å²) in [6.45, 7) is 7.49. The van der Waals surface area contributed by atoms with Crippen LogP contribution in [-0.2, 0) is 26.2 Å². The van der Waals surface area contributed by atoms with E-state index in [-0.39, 0.29) is 23.1 Å². The van der Waals surface area contributed by atoms with Crippen molar-refractivity contribution >= 4 is 43.5 Å². The molecule has 0 aliphatic heterocycles. The first-order chi connectivity index (χ1) is 20.4. The normalized spacial score (nSPS) is 11.9. The molecule has 0 bridgehead atoms. The van der Waals surface area contributed by atoms with Gasteiger partial charge in [-0.15, -0.1) is 0 Å². The van der Waals surface area contributed by atoms with Crippen molar-refractivity contribution in [1.82, 2.24) is 10.2 Å². The third kappa shape index (κ3) is 8.73. The van der Waals surface area contributed by atoms with Crippen LogP contribution in [0, 0.1) is 13.8 Å². The molecular formula is C32H40BrN3O6S. The van der Waals surface area contributed by atoms with Crippen LogP contribution in [0.25, 0.3) is 0 Å². The quantitative estimate of drug-likeness (QED) is 0.223. The maximum atomic E-state index is 14.2. The number of ether oxygens (including phenoxy) is 2. The zero-order valence-electron chi connectivity index (χ0n) is 25.5. The number of anilines is 1. The molecule has 2 amide bonds. The highest BCUT2D eigenvalue weighted by atomic mass is 79.9. The average molecular weight is 675 g/mol. The topological polar surface area (TPSA) is 105 Å². The van der Waals surface area contributed by atoms with Crippen molar-refractivity contribution in [2.24, 2.45) is 0 Å². The molecule has 1 unspecified atom stereocenters. The van der Waals surface area contributed by atoms with Crippen molar-refractivity contribution in [3.8, 4) is 11.5 Å². The first kappa shape index (κ1) is 33.9. The molecule has 1 N–H and O–H groups in total. The summed E-state index contributed by atoms with van der Waals surface area (Å²) < 4.78 is 41.1. The van der Waals surface area contributed by atoms with E-state index in [1.54, 1.807) is 19.1 Å². The van der Waals surface area contributed by atoms with Gasteiger partial charge in [0.15, 0.2) is 11.5 Å². The fourth-order valence-electron chi connectivity index (χ4n) is 4.63. The number of amides is 2. The molecule has 0 heterocycles. The number of nitrogens with zero attached hydrogens (tertiary/aromatic N) is 2. The highest BCUT2D eigenvalue weighted by Crippen LogP contribution is 2.33. The molecule has 0 aromatic heterocycles. The maximum Gasteiger partial charge on any atom is 0.264 e. The molecular weight excluding hydrogens is 634 g/mol. The van der Waals surface area contributed by atoms with Crippen molar-refractivity contribution in [3.63, 3.8) is 0 Å². The molecule has 3 aromatic carbocycles. The number of carbonyl (C=O) groups is 2. The predicted molar refractivity (Wildman–Crippen MR) is 172 cm³/mol. The Bertz CT molecular complexity index is 1510. The molecule has 1 atom stereocenters. The van der Waals surface area contributed by atoms with Gasteiger partial charge in [0.1, 0.15) is 12.6 Å². The van der Waals surface area contributed by atoms with Gasteiger partial charge in [-0.05, 0) is 80.3 Å². The molecule has 0 spiro atoms. The van der Waals surface area contributed by atoms with E-state index < -0.39 is 28.5 Å². The largest absolute Gasteiger partial charge is 0.493 e. The van der Waals surface area contributed by atoms with Gasteiger partial charge in [-0.25, -0.2) is 8.42 Å². The van der Waals surface area contributed by atoms with Gasteiger partial charge in [0.05, 0.1) is 24.8 Å². The van der Waals surface area contributed by atoms with Gasteiger partial charge in [-0.2, -0.15) is 0 Å². The van der Waals surface area contributed by atoms with Crippen molar-refractivity contribution in [3.05, 3.63) is 81.8 Å². The number of nitrogens with one attached hydrogen (secondary N) is 1.